The highest BCUT2D eigenvalue weighted by Gasteiger charge is 2.18. The number of halogens is 2. The van der Waals surface area contributed by atoms with Crippen LogP contribution in [0.3, 0.4) is 0 Å². The number of ether oxygens (including phenoxy) is 3. The lowest BCUT2D eigenvalue weighted by Crippen LogP contribution is -2.04. The van der Waals surface area contributed by atoms with E-state index in [1.807, 2.05) is 0 Å². The Morgan fingerprint density at radius 3 is 2.44 bits per heavy atom. The van der Waals surface area contributed by atoms with Crippen LogP contribution < -0.4 is 4.74 Å². The molecule has 0 aliphatic heterocycles. The summed E-state index contributed by atoms with van der Waals surface area (Å²) in [6, 6.07) is 13.5. The molecule has 0 aliphatic carbocycles. The van der Waals surface area contributed by atoms with Crippen molar-refractivity contribution in [2.75, 3.05) is 21.3 Å². The predicted molar refractivity (Wildman–Crippen MR) is 119 cm³/mol. The van der Waals surface area contributed by atoms with Crippen molar-refractivity contribution >= 4 is 5.97 Å². The summed E-state index contributed by atoms with van der Waals surface area (Å²) in [5.74, 6) is -1.07. The van der Waals surface area contributed by atoms with E-state index in [-0.39, 0.29) is 23.9 Å². The Labute approximate surface area is 193 Å². The monoisotopic (exact) mass is 466 g/mol. The van der Waals surface area contributed by atoms with Gasteiger partial charge in [0.15, 0.2) is 0 Å². The largest absolute Gasteiger partial charge is 0.496 e. The first-order valence-corrected chi connectivity index (χ1v) is 10.1. The van der Waals surface area contributed by atoms with E-state index >= 15 is 0 Å². The normalized spacial score (nSPS) is 10.9. The van der Waals surface area contributed by atoms with Crippen LogP contribution in [0.4, 0.5) is 8.78 Å². The molecule has 4 rings (SSSR count). The number of rotatable bonds is 7. The molecule has 0 saturated heterocycles. The van der Waals surface area contributed by atoms with Gasteiger partial charge in [-0.3, -0.25) is 0 Å². The van der Waals surface area contributed by atoms with Gasteiger partial charge >= 0.3 is 5.97 Å². The van der Waals surface area contributed by atoms with E-state index in [1.54, 1.807) is 31.4 Å². The van der Waals surface area contributed by atoms with Gasteiger partial charge in [-0.25, -0.2) is 13.6 Å². The summed E-state index contributed by atoms with van der Waals surface area (Å²) >= 11 is 0. The number of aromatic nitrogens is 2. The Hall–Kier alpha value is -4.11. The average molecular weight is 466 g/mol. The smallest absolute Gasteiger partial charge is 0.340 e. The maximum absolute atomic E-state index is 14.3. The van der Waals surface area contributed by atoms with Gasteiger partial charge < -0.3 is 18.7 Å². The van der Waals surface area contributed by atoms with Crippen molar-refractivity contribution < 1.29 is 32.3 Å². The van der Waals surface area contributed by atoms with Crippen LogP contribution in [0.2, 0.25) is 0 Å². The lowest BCUT2D eigenvalue weighted by molar-refractivity contribution is 0.0595. The Morgan fingerprint density at radius 1 is 0.941 bits per heavy atom. The highest BCUT2D eigenvalue weighted by atomic mass is 19.1. The van der Waals surface area contributed by atoms with Crippen LogP contribution in [0.1, 0.15) is 15.9 Å². The SMILES string of the molecule is COCc1cc(-c2nc(-c3ccc(C(=O)OC)c(F)c3)no2)ccc1-c1cc(F)ccc1OC. The van der Waals surface area contributed by atoms with Crippen LogP contribution in [0.25, 0.3) is 34.0 Å². The second-order valence-electron chi connectivity index (χ2n) is 7.26. The summed E-state index contributed by atoms with van der Waals surface area (Å²) in [6.45, 7) is 0.240. The molecule has 0 atom stereocenters. The summed E-state index contributed by atoms with van der Waals surface area (Å²) < 4.78 is 48.9. The van der Waals surface area contributed by atoms with E-state index in [0.29, 0.717) is 22.4 Å². The topological polar surface area (TPSA) is 83.7 Å². The number of benzene rings is 3. The lowest BCUT2D eigenvalue weighted by Gasteiger charge is -2.14. The van der Waals surface area contributed by atoms with Crippen molar-refractivity contribution in [2.45, 2.75) is 6.61 Å². The minimum absolute atomic E-state index is 0.148. The van der Waals surface area contributed by atoms with Crippen molar-refractivity contribution in [3.05, 3.63) is 77.4 Å². The molecule has 174 valence electrons. The molecule has 0 amide bonds. The molecule has 0 unspecified atom stereocenters. The fourth-order valence-corrected chi connectivity index (χ4v) is 3.54. The van der Waals surface area contributed by atoms with Crippen LogP contribution in [-0.4, -0.2) is 37.4 Å². The highest BCUT2D eigenvalue weighted by Crippen LogP contribution is 2.35. The molecule has 1 heterocycles. The average Bonchev–Trinajstić information content (AvgIpc) is 3.34. The minimum atomic E-state index is -0.779. The molecular formula is C25H20F2N2O5. The van der Waals surface area contributed by atoms with E-state index in [2.05, 4.69) is 14.9 Å². The molecule has 3 aromatic carbocycles. The first-order valence-electron chi connectivity index (χ1n) is 10.1. The Balaban J connectivity index is 1.70. The minimum Gasteiger partial charge on any atom is -0.496 e. The summed E-state index contributed by atoms with van der Waals surface area (Å²) in [6.07, 6.45) is 0. The fourth-order valence-electron chi connectivity index (χ4n) is 3.54. The van der Waals surface area contributed by atoms with Gasteiger partial charge in [0, 0.05) is 23.8 Å². The molecule has 4 aromatic rings. The molecule has 7 nitrogen and oxygen atoms in total. The fraction of sp³-hybridized carbons (Fsp3) is 0.160. The van der Waals surface area contributed by atoms with Crippen LogP contribution in [0.5, 0.6) is 5.75 Å². The number of carbonyl (C=O) groups is 1. The molecule has 0 radical (unpaired) electrons. The molecule has 0 bridgehead atoms. The first kappa shape index (κ1) is 23.1. The number of hydrogen-bond acceptors (Lipinski definition) is 7. The molecule has 0 saturated carbocycles. The first-order chi connectivity index (χ1) is 16.4. The number of hydrogen-bond donors (Lipinski definition) is 0. The number of nitrogens with zero attached hydrogens (tertiary/aromatic N) is 2. The second kappa shape index (κ2) is 9.80. The molecule has 0 aliphatic rings. The van der Waals surface area contributed by atoms with Gasteiger partial charge in [0.1, 0.15) is 17.4 Å². The Morgan fingerprint density at radius 2 is 1.74 bits per heavy atom. The summed E-state index contributed by atoms with van der Waals surface area (Å²) in [4.78, 5) is 15.9. The van der Waals surface area contributed by atoms with Crippen LogP contribution in [0.15, 0.2) is 59.1 Å². The Bertz CT molecular complexity index is 1350. The van der Waals surface area contributed by atoms with Gasteiger partial charge in [0.2, 0.25) is 5.82 Å². The Kier molecular flexibility index (Phi) is 6.65. The number of esters is 1. The molecule has 0 fully saturated rings. The van der Waals surface area contributed by atoms with Gasteiger partial charge in [-0.05, 0) is 59.7 Å². The van der Waals surface area contributed by atoms with E-state index in [9.17, 15) is 13.6 Å². The standard InChI is InChI=1S/C25H20F2N2O5/c1-31-13-16-10-15(5-7-18(16)20-12-17(26)6-9-22(20)32-2)24-28-23(29-34-24)14-4-8-19(21(27)11-14)25(30)33-3/h4-12H,13H2,1-3H3. The molecule has 0 spiro atoms. The lowest BCUT2D eigenvalue weighted by atomic mass is 9.97. The van der Waals surface area contributed by atoms with Crippen LogP contribution >= 0.6 is 0 Å². The van der Waals surface area contributed by atoms with Gasteiger partial charge in [0.05, 0.1) is 26.4 Å². The van der Waals surface area contributed by atoms with Crippen LogP contribution in [0, 0.1) is 11.6 Å². The zero-order chi connectivity index (χ0) is 24.2. The summed E-state index contributed by atoms with van der Waals surface area (Å²) in [5, 5.41) is 3.92. The number of methoxy groups -OCH3 is 3. The maximum atomic E-state index is 14.3. The molecule has 0 N–H and O–H groups in total. The molecule has 1 aromatic heterocycles. The molecule has 9 heteroatoms. The van der Waals surface area contributed by atoms with Crippen LogP contribution in [-0.2, 0) is 16.1 Å². The van der Waals surface area contributed by atoms with Gasteiger partial charge in [-0.15, -0.1) is 0 Å². The van der Waals surface area contributed by atoms with Crippen molar-refractivity contribution in [1.29, 1.82) is 0 Å². The van der Waals surface area contributed by atoms with Crippen molar-refractivity contribution in [3.63, 3.8) is 0 Å². The third-order valence-electron chi connectivity index (χ3n) is 5.16. The van der Waals surface area contributed by atoms with Crippen molar-refractivity contribution in [1.82, 2.24) is 10.1 Å². The maximum Gasteiger partial charge on any atom is 0.340 e. The van der Waals surface area contributed by atoms with Crippen molar-refractivity contribution in [3.8, 4) is 39.7 Å². The van der Waals surface area contributed by atoms with Gasteiger partial charge in [-0.2, -0.15) is 4.98 Å². The van der Waals surface area contributed by atoms with Gasteiger partial charge in [-0.1, -0.05) is 11.2 Å². The quantitative estimate of drug-likeness (QED) is 0.342. The van der Waals surface area contributed by atoms with Gasteiger partial charge in [0.25, 0.3) is 5.89 Å². The zero-order valence-corrected chi connectivity index (χ0v) is 18.6. The van der Waals surface area contributed by atoms with E-state index in [0.717, 1.165) is 17.2 Å². The third-order valence-corrected chi connectivity index (χ3v) is 5.16. The van der Waals surface area contributed by atoms with Crippen molar-refractivity contribution in [2.24, 2.45) is 0 Å². The molecule has 34 heavy (non-hydrogen) atoms. The van der Waals surface area contributed by atoms with E-state index in [1.165, 1.54) is 38.5 Å². The third kappa shape index (κ3) is 4.51. The molecular weight excluding hydrogens is 446 g/mol. The van der Waals surface area contributed by atoms with E-state index < -0.39 is 17.6 Å². The highest BCUT2D eigenvalue weighted by molar-refractivity contribution is 5.90. The number of carbonyl (C=O) groups excluding carboxylic acids is 1. The predicted octanol–water partition coefficient (Wildman–Crippen LogP) is 5.29. The zero-order valence-electron chi connectivity index (χ0n) is 18.6. The summed E-state index contributed by atoms with van der Waals surface area (Å²) in [5.41, 5.74) is 2.78. The summed E-state index contributed by atoms with van der Waals surface area (Å²) in [7, 11) is 4.24. The van der Waals surface area contributed by atoms with E-state index in [4.69, 9.17) is 14.0 Å². The second-order valence-corrected chi connectivity index (χ2v) is 7.26.